The van der Waals surface area contributed by atoms with Crippen LogP contribution in [0.3, 0.4) is 0 Å². The van der Waals surface area contributed by atoms with Crippen molar-refractivity contribution >= 4 is 46.7 Å². The van der Waals surface area contributed by atoms with E-state index in [0.29, 0.717) is 15.7 Å². The maximum absolute atomic E-state index is 12.2. The lowest BCUT2D eigenvalue weighted by Crippen LogP contribution is -2.42. The third kappa shape index (κ3) is 2.70. The monoisotopic (exact) mass is 325 g/mol. The van der Waals surface area contributed by atoms with Crippen LogP contribution in [0.1, 0.15) is 11.2 Å². The molecule has 1 aromatic carbocycles. The maximum atomic E-state index is 12.2. The van der Waals surface area contributed by atoms with Crippen molar-refractivity contribution in [3.63, 3.8) is 0 Å². The molecular formula is C12H9Cl2N5O2. The summed E-state index contributed by atoms with van der Waals surface area (Å²) in [6.45, 7) is 0. The molecule has 0 aliphatic carbocycles. The van der Waals surface area contributed by atoms with Crippen molar-refractivity contribution in [2.75, 3.05) is 10.6 Å². The molecule has 2 N–H and O–H groups in total. The number of fused-ring (bicyclic) bond motifs is 1. The summed E-state index contributed by atoms with van der Waals surface area (Å²) in [5.74, 6) is -0.445. The molecule has 1 unspecified atom stereocenters. The fourth-order valence-electron chi connectivity index (χ4n) is 1.96. The smallest absolute Gasteiger partial charge is 0.252 e. The first-order valence-corrected chi connectivity index (χ1v) is 6.76. The molecule has 7 nitrogen and oxygen atoms in total. The first-order valence-electron chi connectivity index (χ1n) is 6.00. The summed E-state index contributed by atoms with van der Waals surface area (Å²) in [6, 6.07) is 3.99. The second kappa shape index (κ2) is 5.34. The third-order valence-corrected chi connectivity index (χ3v) is 3.52. The van der Waals surface area contributed by atoms with Crippen LogP contribution in [0.2, 0.25) is 10.0 Å². The zero-order chi connectivity index (χ0) is 15.0. The average molecular weight is 326 g/mol. The fraction of sp³-hybridized carbons (Fsp3) is 0.167. The quantitative estimate of drug-likeness (QED) is 0.882. The number of anilines is 2. The minimum atomic E-state index is -0.735. The van der Waals surface area contributed by atoms with Crippen molar-refractivity contribution < 1.29 is 9.59 Å². The summed E-state index contributed by atoms with van der Waals surface area (Å²) >= 11 is 11.8. The van der Waals surface area contributed by atoms with E-state index in [0.717, 1.165) is 4.68 Å². The summed E-state index contributed by atoms with van der Waals surface area (Å²) in [4.78, 5) is 27.9. The Labute approximate surface area is 129 Å². The van der Waals surface area contributed by atoms with E-state index in [-0.39, 0.29) is 24.2 Å². The lowest BCUT2D eigenvalue weighted by Gasteiger charge is -2.22. The highest BCUT2D eigenvalue weighted by Gasteiger charge is 2.30. The predicted octanol–water partition coefficient (Wildman–Crippen LogP) is 2.05. The van der Waals surface area contributed by atoms with Gasteiger partial charge in [-0.25, -0.2) is 0 Å². The van der Waals surface area contributed by atoms with E-state index in [1.54, 1.807) is 12.1 Å². The molecule has 2 heterocycles. The number of nitrogens with one attached hydrogen (secondary N) is 2. The molecule has 0 radical (unpaired) electrons. The van der Waals surface area contributed by atoms with E-state index in [9.17, 15) is 9.59 Å². The third-order valence-electron chi connectivity index (χ3n) is 2.97. The lowest BCUT2D eigenvalue weighted by atomic mass is 10.1. The average Bonchev–Trinajstić information content (AvgIpc) is 2.90. The normalized spacial score (nSPS) is 17.0. The van der Waals surface area contributed by atoms with Gasteiger partial charge >= 0.3 is 0 Å². The molecule has 1 aliphatic rings. The highest BCUT2D eigenvalue weighted by Crippen LogP contribution is 2.26. The van der Waals surface area contributed by atoms with Gasteiger partial charge in [-0.1, -0.05) is 23.2 Å². The summed E-state index contributed by atoms with van der Waals surface area (Å²) in [7, 11) is 0. The standard InChI is InChI=1S/C12H9Cl2N5O2/c13-6-1-2-8(7(14)3-6)17-11(21)9-4-10(20)19-12(18-9)15-5-16-19/h1-3,5,9H,4H2,(H,17,21)(H,15,16,18). The maximum Gasteiger partial charge on any atom is 0.252 e. The number of hydrogen-bond acceptors (Lipinski definition) is 5. The van der Waals surface area contributed by atoms with Gasteiger partial charge < -0.3 is 10.6 Å². The molecule has 2 aromatic rings. The minimum Gasteiger partial charge on any atom is -0.342 e. The summed E-state index contributed by atoms with van der Waals surface area (Å²) in [6.07, 6.45) is 1.23. The second-order valence-corrected chi connectivity index (χ2v) is 5.25. The molecule has 0 saturated carbocycles. The van der Waals surface area contributed by atoms with E-state index in [4.69, 9.17) is 23.2 Å². The molecule has 0 bridgehead atoms. The SMILES string of the molecule is O=C(Nc1ccc(Cl)cc1Cl)C1CC(=O)n2ncnc2N1. The van der Waals surface area contributed by atoms with Gasteiger partial charge in [0, 0.05) is 5.02 Å². The van der Waals surface area contributed by atoms with Crippen LogP contribution in [0.25, 0.3) is 0 Å². The van der Waals surface area contributed by atoms with Crippen molar-refractivity contribution in [1.29, 1.82) is 0 Å². The Kier molecular flexibility index (Phi) is 3.52. The molecule has 108 valence electrons. The van der Waals surface area contributed by atoms with Crippen molar-refractivity contribution in [2.24, 2.45) is 0 Å². The molecule has 1 amide bonds. The summed E-state index contributed by atoms with van der Waals surface area (Å²) in [5, 5.41) is 10.0. The number of aromatic nitrogens is 3. The van der Waals surface area contributed by atoms with Crippen LogP contribution in [-0.4, -0.2) is 32.6 Å². The minimum absolute atomic E-state index is 0.0204. The Morgan fingerprint density at radius 1 is 1.43 bits per heavy atom. The second-order valence-electron chi connectivity index (χ2n) is 4.40. The topological polar surface area (TPSA) is 88.9 Å². The van der Waals surface area contributed by atoms with Gasteiger partial charge in [0.1, 0.15) is 12.4 Å². The van der Waals surface area contributed by atoms with Crippen molar-refractivity contribution in [2.45, 2.75) is 12.5 Å². The largest absolute Gasteiger partial charge is 0.342 e. The number of amides is 1. The molecule has 3 rings (SSSR count). The van der Waals surface area contributed by atoms with Crippen LogP contribution in [0.15, 0.2) is 24.5 Å². The van der Waals surface area contributed by atoms with Crippen LogP contribution in [-0.2, 0) is 4.79 Å². The first-order chi connectivity index (χ1) is 10.0. The molecule has 1 aliphatic heterocycles. The Hall–Kier alpha value is -2.12. The summed E-state index contributed by atoms with van der Waals surface area (Å²) < 4.78 is 1.12. The van der Waals surface area contributed by atoms with Crippen LogP contribution in [0.4, 0.5) is 11.6 Å². The van der Waals surface area contributed by atoms with Crippen LogP contribution >= 0.6 is 23.2 Å². The number of benzene rings is 1. The van der Waals surface area contributed by atoms with Gasteiger partial charge in [0.2, 0.25) is 11.9 Å². The first kappa shape index (κ1) is 13.8. The Morgan fingerprint density at radius 3 is 3.00 bits per heavy atom. The van der Waals surface area contributed by atoms with Crippen molar-refractivity contribution in [1.82, 2.24) is 14.8 Å². The van der Waals surface area contributed by atoms with E-state index >= 15 is 0 Å². The van der Waals surface area contributed by atoms with Gasteiger partial charge in [0.15, 0.2) is 0 Å². The zero-order valence-corrected chi connectivity index (χ0v) is 12.0. The molecule has 1 aromatic heterocycles. The Morgan fingerprint density at radius 2 is 2.24 bits per heavy atom. The fourth-order valence-corrected chi connectivity index (χ4v) is 2.42. The van der Waals surface area contributed by atoms with E-state index in [1.165, 1.54) is 12.4 Å². The van der Waals surface area contributed by atoms with Crippen LogP contribution in [0, 0.1) is 0 Å². The number of carbonyl (C=O) groups excluding carboxylic acids is 2. The number of halogens is 2. The van der Waals surface area contributed by atoms with E-state index < -0.39 is 6.04 Å². The van der Waals surface area contributed by atoms with Gasteiger partial charge in [-0.05, 0) is 18.2 Å². The number of carbonyl (C=O) groups is 2. The molecule has 0 spiro atoms. The highest BCUT2D eigenvalue weighted by atomic mass is 35.5. The Balaban J connectivity index is 1.76. The lowest BCUT2D eigenvalue weighted by molar-refractivity contribution is -0.117. The van der Waals surface area contributed by atoms with Gasteiger partial charge in [-0.15, -0.1) is 0 Å². The van der Waals surface area contributed by atoms with Gasteiger partial charge in [0.25, 0.3) is 5.91 Å². The number of rotatable bonds is 2. The highest BCUT2D eigenvalue weighted by molar-refractivity contribution is 6.36. The molecule has 1 atom stereocenters. The molecule has 0 fully saturated rings. The predicted molar refractivity (Wildman–Crippen MR) is 77.8 cm³/mol. The van der Waals surface area contributed by atoms with Crippen LogP contribution in [0.5, 0.6) is 0 Å². The van der Waals surface area contributed by atoms with Crippen LogP contribution < -0.4 is 10.6 Å². The molecular weight excluding hydrogens is 317 g/mol. The number of hydrogen-bond donors (Lipinski definition) is 2. The molecule has 21 heavy (non-hydrogen) atoms. The van der Waals surface area contributed by atoms with Gasteiger partial charge in [-0.2, -0.15) is 14.8 Å². The van der Waals surface area contributed by atoms with Gasteiger partial charge in [-0.3, -0.25) is 9.59 Å². The molecule has 9 heteroatoms. The molecule has 0 saturated heterocycles. The summed E-state index contributed by atoms with van der Waals surface area (Å²) in [5.41, 5.74) is 0.423. The zero-order valence-electron chi connectivity index (χ0n) is 10.5. The van der Waals surface area contributed by atoms with E-state index in [1.807, 2.05) is 0 Å². The van der Waals surface area contributed by atoms with Crippen molar-refractivity contribution in [3.05, 3.63) is 34.6 Å². The van der Waals surface area contributed by atoms with Gasteiger partial charge in [0.05, 0.1) is 17.1 Å². The Bertz CT molecular complexity index is 730. The van der Waals surface area contributed by atoms with E-state index in [2.05, 4.69) is 20.7 Å². The number of nitrogens with zero attached hydrogens (tertiary/aromatic N) is 3. The van der Waals surface area contributed by atoms with Crippen molar-refractivity contribution in [3.8, 4) is 0 Å².